The molecule has 0 spiro atoms. The van der Waals surface area contributed by atoms with E-state index >= 15 is 0 Å². The van der Waals surface area contributed by atoms with Crippen LogP contribution in [-0.2, 0) is 12.8 Å². The molecule has 0 aliphatic heterocycles. The van der Waals surface area contributed by atoms with Gasteiger partial charge in [-0.3, -0.25) is 0 Å². The molecule has 2 atom stereocenters. The fourth-order valence-electron chi connectivity index (χ4n) is 3.70. The van der Waals surface area contributed by atoms with Crippen LogP contribution in [0.4, 0.5) is 0 Å². The number of nitrogens with one attached hydrogen (secondary N) is 1. The topological polar surface area (TPSA) is 21.3 Å². The van der Waals surface area contributed by atoms with Gasteiger partial charge in [0.15, 0.2) is 0 Å². The van der Waals surface area contributed by atoms with Gasteiger partial charge in [-0.25, -0.2) is 0 Å². The summed E-state index contributed by atoms with van der Waals surface area (Å²) in [6, 6.07) is 7.41. The van der Waals surface area contributed by atoms with E-state index in [1.54, 1.807) is 0 Å². The maximum atomic E-state index is 6.26. The van der Waals surface area contributed by atoms with Crippen molar-refractivity contribution in [2.75, 3.05) is 6.54 Å². The minimum atomic E-state index is 0.398. The Kier molecular flexibility index (Phi) is 4.62. The summed E-state index contributed by atoms with van der Waals surface area (Å²) in [4.78, 5) is 0. The van der Waals surface area contributed by atoms with Crippen LogP contribution in [0.25, 0.3) is 0 Å². The Hall–Kier alpha value is -1.02. The van der Waals surface area contributed by atoms with E-state index < -0.39 is 0 Å². The summed E-state index contributed by atoms with van der Waals surface area (Å²) < 4.78 is 6.26. The largest absolute Gasteiger partial charge is 0.490 e. The third-order valence-corrected chi connectivity index (χ3v) is 4.74. The summed E-state index contributed by atoms with van der Waals surface area (Å²) in [6.07, 6.45) is 10.5. The van der Waals surface area contributed by atoms with E-state index in [0.717, 1.165) is 18.7 Å². The van der Waals surface area contributed by atoms with Crippen molar-refractivity contribution >= 4 is 0 Å². The van der Waals surface area contributed by atoms with Gasteiger partial charge in [0, 0.05) is 6.04 Å². The molecule has 20 heavy (non-hydrogen) atoms. The lowest BCUT2D eigenvalue weighted by atomic mass is 9.91. The highest BCUT2D eigenvalue weighted by molar-refractivity contribution is 5.37. The number of aryl methyl sites for hydroxylation is 2. The summed E-state index contributed by atoms with van der Waals surface area (Å²) in [5, 5.41) is 3.57. The molecule has 1 aromatic rings. The van der Waals surface area contributed by atoms with Crippen LogP contribution >= 0.6 is 0 Å². The van der Waals surface area contributed by atoms with Crippen LogP contribution in [0.1, 0.15) is 56.6 Å². The van der Waals surface area contributed by atoms with Gasteiger partial charge >= 0.3 is 0 Å². The predicted octanol–water partition coefficient (Wildman–Crippen LogP) is 3.86. The molecule has 2 aliphatic carbocycles. The SMILES string of the molecule is CCNC1CCCC(Oc2ccc3c(c2)CCCC3)C1. The first-order valence-corrected chi connectivity index (χ1v) is 8.37. The van der Waals surface area contributed by atoms with E-state index in [-0.39, 0.29) is 0 Å². The summed E-state index contributed by atoms with van der Waals surface area (Å²) in [5.74, 6) is 1.09. The number of rotatable bonds is 4. The van der Waals surface area contributed by atoms with Gasteiger partial charge < -0.3 is 10.1 Å². The Morgan fingerprint density at radius 3 is 2.80 bits per heavy atom. The van der Waals surface area contributed by atoms with Crippen molar-refractivity contribution in [1.29, 1.82) is 0 Å². The first-order chi connectivity index (χ1) is 9.85. The highest BCUT2D eigenvalue weighted by Crippen LogP contribution is 2.28. The minimum absolute atomic E-state index is 0.398. The van der Waals surface area contributed by atoms with E-state index in [1.807, 2.05) is 0 Å². The highest BCUT2D eigenvalue weighted by Gasteiger charge is 2.23. The molecule has 110 valence electrons. The fourth-order valence-corrected chi connectivity index (χ4v) is 3.70. The molecule has 3 rings (SSSR count). The van der Waals surface area contributed by atoms with Gasteiger partial charge in [0.05, 0.1) is 0 Å². The van der Waals surface area contributed by atoms with Crippen molar-refractivity contribution in [3.63, 3.8) is 0 Å². The molecule has 0 amide bonds. The molecule has 0 bridgehead atoms. The lowest BCUT2D eigenvalue weighted by Crippen LogP contribution is -2.37. The Morgan fingerprint density at radius 1 is 1.10 bits per heavy atom. The summed E-state index contributed by atoms with van der Waals surface area (Å²) in [5.41, 5.74) is 3.06. The van der Waals surface area contributed by atoms with E-state index in [9.17, 15) is 0 Å². The zero-order valence-electron chi connectivity index (χ0n) is 12.7. The van der Waals surface area contributed by atoms with Crippen molar-refractivity contribution < 1.29 is 4.74 Å². The molecular formula is C18H27NO. The van der Waals surface area contributed by atoms with E-state index in [2.05, 4.69) is 30.4 Å². The van der Waals surface area contributed by atoms with E-state index in [1.165, 1.54) is 56.1 Å². The fraction of sp³-hybridized carbons (Fsp3) is 0.667. The van der Waals surface area contributed by atoms with Gasteiger partial charge in [-0.2, -0.15) is 0 Å². The Labute approximate surface area is 122 Å². The Morgan fingerprint density at radius 2 is 1.95 bits per heavy atom. The van der Waals surface area contributed by atoms with Gasteiger partial charge in [0.2, 0.25) is 0 Å². The van der Waals surface area contributed by atoms with Crippen LogP contribution in [0.3, 0.4) is 0 Å². The van der Waals surface area contributed by atoms with Crippen LogP contribution in [0.2, 0.25) is 0 Å². The van der Waals surface area contributed by atoms with Crippen molar-refractivity contribution in [2.24, 2.45) is 0 Å². The van der Waals surface area contributed by atoms with Crippen molar-refractivity contribution in [2.45, 2.75) is 70.4 Å². The molecule has 2 unspecified atom stereocenters. The molecule has 1 N–H and O–H groups in total. The van der Waals surface area contributed by atoms with Crippen LogP contribution in [0.5, 0.6) is 5.75 Å². The first-order valence-electron chi connectivity index (χ1n) is 8.37. The van der Waals surface area contributed by atoms with Crippen LogP contribution in [-0.4, -0.2) is 18.7 Å². The van der Waals surface area contributed by atoms with Gasteiger partial charge in [-0.1, -0.05) is 13.0 Å². The van der Waals surface area contributed by atoms with Gasteiger partial charge in [0.25, 0.3) is 0 Å². The number of fused-ring (bicyclic) bond motifs is 1. The summed E-state index contributed by atoms with van der Waals surface area (Å²) >= 11 is 0. The van der Waals surface area contributed by atoms with Crippen molar-refractivity contribution in [1.82, 2.24) is 5.32 Å². The second-order valence-corrected chi connectivity index (χ2v) is 6.30. The van der Waals surface area contributed by atoms with Gasteiger partial charge in [0.1, 0.15) is 11.9 Å². The predicted molar refractivity (Wildman–Crippen MR) is 83.4 cm³/mol. The Balaban J connectivity index is 1.62. The lowest BCUT2D eigenvalue weighted by molar-refractivity contribution is 0.135. The summed E-state index contributed by atoms with van der Waals surface area (Å²) in [6.45, 7) is 3.25. The monoisotopic (exact) mass is 273 g/mol. The number of hydrogen-bond acceptors (Lipinski definition) is 2. The minimum Gasteiger partial charge on any atom is -0.490 e. The molecule has 1 aromatic carbocycles. The van der Waals surface area contributed by atoms with E-state index in [0.29, 0.717) is 12.1 Å². The third-order valence-electron chi connectivity index (χ3n) is 4.74. The van der Waals surface area contributed by atoms with E-state index in [4.69, 9.17) is 4.74 Å². The van der Waals surface area contributed by atoms with Crippen LogP contribution in [0.15, 0.2) is 18.2 Å². The average molecular weight is 273 g/mol. The third kappa shape index (κ3) is 3.35. The molecular weight excluding hydrogens is 246 g/mol. The van der Waals surface area contributed by atoms with Crippen LogP contribution < -0.4 is 10.1 Å². The quantitative estimate of drug-likeness (QED) is 0.899. The smallest absolute Gasteiger partial charge is 0.120 e. The van der Waals surface area contributed by atoms with Crippen molar-refractivity contribution in [3.8, 4) is 5.75 Å². The molecule has 2 nitrogen and oxygen atoms in total. The number of benzene rings is 1. The second-order valence-electron chi connectivity index (χ2n) is 6.30. The zero-order chi connectivity index (χ0) is 13.8. The second kappa shape index (κ2) is 6.62. The summed E-state index contributed by atoms with van der Waals surface area (Å²) in [7, 11) is 0. The van der Waals surface area contributed by atoms with Gasteiger partial charge in [-0.05, 0) is 81.2 Å². The normalized spacial score (nSPS) is 26.1. The molecule has 1 fully saturated rings. The maximum absolute atomic E-state index is 6.26. The number of ether oxygens (including phenoxy) is 1. The lowest BCUT2D eigenvalue weighted by Gasteiger charge is -2.30. The molecule has 0 radical (unpaired) electrons. The molecule has 1 saturated carbocycles. The van der Waals surface area contributed by atoms with Crippen molar-refractivity contribution in [3.05, 3.63) is 29.3 Å². The van der Waals surface area contributed by atoms with Crippen LogP contribution in [0, 0.1) is 0 Å². The highest BCUT2D eigenvalue weighted by atomic mass is 16.5. The molecule has 2 aliphatic rings. The first kappa shape index (κ1) is 13.9. The number of hydrogen-bond donors (Lipinski definition) is 1. The average Bonchev–Trinajstić information content (AvgIpc) is 2.48. The maximum Gasteiger partial charge on any atom is 0.120 e. The molecule has 0 aromatic heterocycles. The standard InChI is InChI=1S/C18H27NO/c1-2-19-16-8-5-9-17(13-16)20-18-11-10-14-6-3-4-7-15(14)12-18/h10-12,16-17,19H,2-9,13H2,1H3. The Bertz CT molecular complexity index is 441. The molecule has 0 saturated heterocycles. The molecule has 0 heterocycles. The molecule has 2 heteroatoms. The van der Waals surface area contributed by atoms with Gasteiger partial charge in [-0.15, -0.1) is 0 Å². The zero-order valence-corrected chi connectivity index (χ0v) is 12.7.